The number of hydrogen-bond acceptors (Lipinski definition) is 3. The summed E-state index contributed by atoms with van der Waals surface area (Å²) in [4.78, 5) is 12.1. The van der Waals surface area contributed by atoms with Gasteiger partial charge in [0.15, 0.2) is 5.78 Å². The van der Waals surface area contributed by atoms with Crippen LogP contribution < -0.4 is 4.74 Å². The third-order valence-electron chi connectivity index (χ3n) is 2.48. The minimum atomic E-state index is -0.0389. The molecule has 0 unspecified atom stereocenters. The number of rotatable bonds is 4. The minimum absolute atomic E-state index is 0.0389. The highest BCUT2D eigenvalue weighted by molar-refractivity contribution is 6.08. The van der Waals surface area contributed by atoms with Crippen LogP contribution in [0.15, 0.2) is 41.0 Å². The number of carbonyl (C=O) groups excluding carboxylic acids is 1. The molecule has 0 aliphatic carbocycles. The Kier molecular flexibility index (Phi) is 3.51. The van der Waals surface area contributed by atoms with Crippen molar-refractivity contribution in [1.82, 2.24) is 0 Å². The fraction of sp³-hybridized carbons (Fsp3) is 0.267. The highest BCUT2D eigenvalue weighted by Crippen LogP contribution is 2.17. The van der Waals surface area contributed by atoms with E-state index in [4.69, 9.17) is 9.15 Å². The summed E-state index contributed by atoms with van der Waals surface area (Å²) in [6, 6.07) is 8.88. The van der Waals surface area contributed by atoms with Crippen LogP contribution in [0.3, 0.4) is 0 Å². The first-order valence-electron chi connectivity index (χ1n) is 5.93. The van der Waals surface area contributed by atoms with Gasteiger partial charge in [-0.2, -0.15) is 0 Å². The Morgan fingerprint density at radius 1 is 1.17 bits per heavy atom. The molecule has 0 bridgehead atoms. The molecule has 2 rings (SSSR count). The number of furan rings is 1. The van der Waals surface area contributed by atoms with Gasteiger partial charge in [-0.15, -0.1) is 0 Å². The quantitative estimate of drug-likeness (QED) is 0.771. The molecule has 3 heteroatoms. The standard InChI is InChI=1S/C15H16O3/c1-10(2)18-14-6-4-12(5-7-14)15(16)13-8-11(3)17-9-13/h4-10H,1-3H3. The highest BCUT2D eigenvalue weighted by Gasteiger charge is 2.11. The zero-order valence-electron chi connectivity index (χ0n) is 10.8. The molecule has 0 radical (unpaired) electrons. The second-order valence-corrected chi connectivity index (χ2v) is 4.47. The highest BCUT2D eigenvalue weighted by atomic mass is 16.5. The van der Waals surface area contributed by atoms with Crippen LogP contribution in [-0.4, -0.2) is 11.9 Å². The number of ether oxygens (including phenoxy) is 1. The predicted octanol–water partition coefficient (Wildman–Crippen LogP) is 3.61. The summed E-state index contributed by atoms with van der Waals surface area (Å²) < 4.78 is 10.7. The Morgan fingerprint density at radius 2 is 1.83 bits per heavy atom. The van der Waals surface area contributed by atoms with E-state index in [1.807, 2.05) is 20.8 Å². The van der Waals surface area contributed by atoms with Crippen LogP contribution in [0, 0.1) is 6.92 Å². The van der Waals surface area contributed by atoms with Gasteiger partial charge in [0, 0.05) is 5.56 Å². The lowest BCUT2D eigenvalue weighted by Gasteiger charge is -2.09. The van der Waals surface area contributed by atoms with Gasteiger partial charge in [0.05, 0.1) is 11.7 Å². The van der Waals surface area contributed by atoms with Gasteiger partial charge in [0.1, 0.15) is 17.8 Å². The lowest BCUT2D eigenvalue weighted by Crippen LogP contribution is -2.06. The van der Waals surface area contributed by atoms with E-state index >= 15 is 0 Å². The van der Waals surface area contributed by atoms with Crippen LogP contribution >= 0.6 is 0 Å². The topological polar surface area (TPSA) is 39.4 Å². The van der Waals surface area contributed by atoms with Crippen molar-refractivity contribution in [2.45, 2.75) is 26.9 Å². The van der Waals surface area contributed by atoms with Gasteiger partial charge >= 0.3 is 0 Å². The molecule has 0 saturated heterocycles. The molecule has 0 aliphatic rings. The summed E-state index contributed by atoms with van der Waals surface area (Å²) in [5.74, 6) is 1.46. The van der Waals surface area contributed by atoms with Gasteiger partial charge in [0.2, 0.25) is 0 Å². The summed E-state index contributed by atoms with van der Waals surface area (Å²) in [5, 5.41) is 0. The van der Waals surface area contributed by atoms with Crippen molar-refractivity contribution in [2.75, 3.05) is 0 Å². The molecular formula is C15H16O3. The third-order valence-corrected chi connectivity index (χ3v) is 2.48. The van der Waals surface area contributed by atoms with E-state index in [-0.39, 0.29) is 11.9 Å². The molecule has 0 spiro atoms. The molecule has 3 nitrogen and oxygen atoms in total. The average molecular weight is 244 g/mol. The summed E-state index contributed by atoms with van der Waals surface area (Å²) >= 11 is 0. The van der Waals surface area contributed by atoms with E-state index in [2.05, 4.69) is 0 Å². The Balaban J connectivity index is 2.17. The molecule has 1 aromatic carbocycles. The molecular weight excluding hydrogens is 228 g/mol. The third kappa shape index (κ3) is 2.80. The van der Waals surface area contributed by atoms with E-state index in [9.17, 15) is 4.79 Å². The van der Waals surface area contributed by atoms with Crippen LogP contribution in [0.25, 0.3) is 0 Å². The van der Waals surface area contributed by atoms with Gasteiger partial charge in [-0.25, -0.2) is 0 Å². The van der Waals surface area contributed by atoms with Crippen molar-refractivity contribution in [1.29, 1.82) is 0 Å². The Hall–Kier alpha value is -2.03. The summed E-state index contributed by atoms with van der Waals surface area (Å²) in [5.41, 5.74) is 1.21. The van der Waals surface area contributed by atoms with Gasteiger partial charge in [-0.3, -0.25) is 4.79 Å². The summed E-state index contributed by atoms with van der Waals surface area (Å²) in [7, 11) is 0. The predicted molar refractivity (Wildman–Crippen MR) is 69.1 cm³/mol. The maximum atomic E-state index is 12.1. The first-order valence-corrected chi connectivity index (χ1v) is 5.93. The van der Waals surface area contributed by atoms with E-state index < -0.39 is 0 Å². The lowest BCUT2D eigenvalue weighted by atomic mass is 10.1. The molecule has 2 aromatic rings. The fourth-order valence-electron chi connectivity index (χ4n) is 1.69. The second kappa shape index (κ2) is 5.08. The van der Waals surface area contributed by atoms with Crippen molar-refractivity contribution < 1.29 is 13.9 Å². The molecule has 0 fully saturated rings. The molecule has 0 aliphatic heterocycles. The molecule has 0 amide bonds. The number of hydrogen-bond donors (Lipinski definition) is 0. The molecule has 1 aromatic heterocycles. The van der Waals surface area contributed by atoms with Gasteiger partial charge in [-0.1, -0.05) is 0 Å². The number of ketones is 1. The van der Waals surface area contributed by atoms with E-state index in [1.165, 1.54) is 6.26 Å². The zero-order chi connectivity index (χ0) is 13.1. The maximum Gasteiger partial charge on any atom is 0.196 e. The normalized spacial score (nSPS) is 10.7. The summed E-state index contributed by atoms with van der Waals surface area (Å²) in [6.07, 6.45) is 1.61. The first-order chi connectivity index (χ1) is 8.56. The largest absolute Gasteiger partial charge is 0.491 e. The molecule has 0 N–H and O–H groups in total. The van der Waals surface area contributed by atoms with E-state index in [1.54, 1.807) is 30.3 Å². The molecule has 18 heavy (non-hydrogen) atoms. The van der Waals surface area contributed by atoms with Crippen LogP contribution in [0.4, 0.5) is 0 Å². The number of carbonyl (C=O) groups is 1. The summed E-state index contributed by atoms with van der Waals surface area (Å²) in [6.45, 7) is 5.75. The maximum absolute atomic E-state index is 12.1. The Morgan fingerprint density at radius 3 is 2.33 bits per heavy atom. The van der Waals surface area contributed by atoms with E-state index in [0.29, 0.717) is 11.1 Å². The van der Waals surface area contributed by atoms with Crippen molar-refractivity contribution in [3.8, 4) is 5.75 Å². The van der Waals surface area contributed by atoms with Crippen molar-refractivity contribution >= 4 is 5.78 Å². The van der Waals surface area contributed by atoms with Crippen molar-refractivity contribution in [3.05, 3.63) is 53.5 Å². The molecule has 94 valence electrons. The van der Waals surface area contributed by atoms with Gasteiger partial charge in [-0.05, 0) is 51.1 Å². The smallest absolute Gasteiger partial charge is 0.196 e. The number of aryl methyl sites for hydroxylation is 1. The second-order valence-electron chi connectivity index (χ2n) is 4.47. The minimum Gasteiger partial charge on any atom is -0.491 e. The molecule has 0 saturated carbocycles. The van der Waals surface area contributed by atoms with Crippen LogP contribution in [0.2, 0.25) is 0 Å². The Bertz CT molecular complexity index is 535. The van der Waals surface area contributed by atoms with Crippen LogP contribution in [0.1, 0.15) is 35.5 Å². The Labute approximate surface area is 106 Å². The SMILES string of the molecule is Cc1cc(C(=O)c2ccc(OC(C)C)cc2)co1. The van der Waals surface area contributed by atoms with Gasteiger partial charge in [0.25, 0.3) is 0 Å². The number of benzene rings is 1. The zero-order valence-corrected chi connectivity index (χ0v) is 10.8. The monoisotopic (exact) mass is 244 g/mol. The van der Waals surface area contributed by atoms with Crippen molar-refractivity contribution in [3.63, 3.8) is 0 Å². The van der Waals surface area contributed by atoms with E-state index in [0.717, 1.165) is 11.5 Å². The molecule has 1 heterocycles. The van der Waals surface area contributed by atoms with Gasteiger partial charge < -0.3 is 9.15 Å². The van der Waals surface area contributed by atoms with Crippen molar-refractivity contribution in [2.24, 2.45) is 0 Å². The van der Waals surface area contributed by atoms with Crippen LogP contribution in [-0.2, 0) is 0 Å². The first kappa shape index (κ1) is 12.4. The fourth-order valence-corrected chi connectivity index (χ4v) is 1.69. The average Bonchev–Trinajstić information content (AvgIpc) is 2.75. The lowest BCUT2D eigenvalue weighted by molar-refractivity contribution is 0.103. The molecule has 0 atom stereocenters. The van der Waals surface area contributed by atoms with Crippen LogP contribution in [0.5, 0.6) is 5.75 Å².